The number of nitrogens with zero attached hydrogens (tertiary/aromatic N) is 2. The monoisotopic (exact) mass is 401 g/mol. The summed E-state index contributed by atoms with van der Waals surface area (Å²) in [4.78, 5) is 23.7. The Bertz CT molecular complexity index is 899. The maximum absolute atomic E-state index is 12.5. The molecule has 1 aliphatic heterocycles. The molecule has 11 heteroatoms. The van der Waals surface area contributed by atoms with Crippen LogP contribution in [0.25, 0.3) is 0 Å². The molecule has 2 rings (SSSR count). The van der Waals surface area contributed by atoms with E-state index < -0.39 is 31.3 Å². The van der Waals surface area contributed by atoms with Crippen LogP contribution in [0.4, 0.5) is 17.1 Å². The molecule has 26 heavy (non-hydrogen) atoms. The Hall–Kier alpha value is -2.27. The van der Waals surface area contributed by atoms with Crippen LogP contribution in [0.3, 0.4) is 0 Å². The van der Waals surface area contributed by atoms with Gasteiger partial charge < -0.3 is 10.1 Å². The van der Waals surface area contributed by atoms with Gasteiger partial charge in [-0.05, 0) is 13.2 Å². The van der Waals surface area contributed by atoms with Crippen molar-refractivity contribution >= 4 is 44.8 Å². The molecule has 1 aromatic rings. The first-order chi connectivity index (χ1) is 12.0. The zero-order valence-electron chi connectivity index (χ0n) is 14.7. The number of sulfonamides is 1. The number of amides is 1. The van der Waals surface area contributed by atoms with Crippen LogP contribution in [0.5, 0.6) is 5.75 Å². The number of nitro benzene ring substituents is 1. The molecule has 1 aliphatic rings. The van der Waals surface area contributed by atoms with E-state index in [2.05, 4.69) is 11.9 Å². The maximum Gasteiger partial charge on any atom is 0.301 e. The lowest BCUT2D eigenvalue weighted by atomic mass is 9.98. The lowest BCUT2D eigenvalue weighted by Crippen LogP contribution is -2.32. The van der Waals surface area contributed by atoms with Gasteiger partial charge in [-0.2, -0.15) is 0 Å². The SMILES string of the molecule is C=CCN(c1cc(OC)c2c(c1[N+](=O)[O-])C(C)(SC)C(=O)N2)S(C)(=O)=O. The zero-order chi connectivity index (χ0) is 19.9. The smallest absolute Gasteiger partial charge is 0.301 e. The van der Waals surface area contributed by atoms with Gasteiger partial charge in [0.25, 0.3) is 0 Å². The molecule has 1 N–H and O–H groups in total. The number of rotatable bonds is 7. The van der Waals surface area contributed by atoms with E-state index in [-0.39, 0.29) is 29.2 Å². The van der Waals surface area contributed by atoms with Crippen LogP contribution in [-0.2, 0) is 19.6 Å². The molecule has 9 nitrogen and oxygen atoms in total. The molecule has 1 heterocycles. The summed E-state index contributed by atoms with van der Waals surface area (Å²) in [6, 6.07) is 1.24. The van der Waals surface area contributed by atoms with E-state index in [0.717, 1.165) is 22.3 Å². The summed E-state index contributed by atoms with van der Waals surface area (Å²) in [5, 5.41) is 14.5. The fraction of sp³-hybridized carbons (Fsp3) is 0.400. The second-order valence-corrected chi connectivity index (χ2v) is 8.86. The van der Waals surface area contributed by atoms with E-state index in [1.54, 1.807) is 13.2 Å². The predicted molar refractivity (Wildman–Crippen MR) is 102 cm³/mol. The molecular weight excluding hydrogens is 382 g/mol. The number of carbonyl (C=O) groups is 1. The van der Waals surface area contributed by atoms with Crippen molar-refractivity contribution in [2.24, 2.45) is 0 Å². The van der Waals surface area contributed by atoms with Crippen molar-refractivity contribution < 1.29 is 22.9 Å². The van der Waals surface area contributed by atoms with Gasteiger partial charge in [0.05, 0.1) is 36.1 Å². The van der Waals surface area contributed by atoms with E-state index in [0.29, 0.717) is 0 Å². The number of ether oxygens (including phenoxy) is 1. The molecule has 0 spiro atoms. The molecule has 0 saturated heterocycles. The Labute approximate surface area is 155 Å². The highest BCUT2D eigenvalue weighted by Crippen LogP contribution is 2.55. The second-order valence-electron chi connectivity index (χ2n) is 5.73. The van der Waals surface area contributed by atoms with Crippen LogP contribution < -0.4 is 14.4 Å². The summed E-state index contributed by atoms with van der Waals surface area (Å²) < 4.78 is 29.3. The Kier molecular flexibility index (Phi) is 5.24. The molecule has 0 saturated carbocycles. The van der Waals surface area contributed by atoms with E-state index in [9.17, 15) is 23.3 Å². The molecule has 142 valence electrons. The van der Waals surface area contributed by atoms with Crippen molar-refractivity contribution in [1.82, 2.24) is 0 Å². The van der Waals surface area contributed by atoms with Gasteiger partial charge in [0.2, 0.25) is 15.9 Å². The highest BCUT2D eigenvalue weighted by Gasteiger charge is 2.50. The van der Waals surface area contributed by atoms with Crippen molar-refractivity contribution in [2.75, 3.05) is 35.8 Å². The number of nitro groups is 1. The highest BCUT2D eigenvalue weighted by molar-refractivity contribution is 8.00. The number of carbonyl (C=O) groups excluding carboxylic acids is 1. The van der Waals surface area contributed by atoms with Gasteiger partial charge in [0.1, 0.15) is 16.2 Å². The third-order valence-corrected chi connectivity index (χ3v) is 6.52. The molecular formula is C15H19N3O6S2. The molecule has 0 aromatic heterocycles. The van der Waals surface area contributed by atoms with Gasteiger partial charge in [-0.15, -0.1) is 18.3 Å². The Morgan fingerprint density at radius 1 is 1.54 bits per heavy atom. The van der Waals surface area contributed by atoms with Crippen molar-refractivity contribution in [2.45, 2.75) is 11.7 Å². The molecule has 1 unspecified atom stereocenters. The third kappa shape index (κ3) is 3.01. The normalized spacial score (nSPS) is 18.8. The standard InChI is InChI=1S/C15H19N3O6S2/c1-6-7-17(26(5,22)23)9-8-10(24-3)12-11(13(9)18(20)21)15(2,25-4)14(19)16-12/h6,8H,1,7H2,2-5H3,(H,16,19). The maximum atomic E-state index is 12.5. The lowest BCUT2D eigenvalue weighted by Gasteiger charge is -2.25. The topological polar surface area (TPSA) is 119 Å². The van der Waals surface area contributed by atoms with Crippen LogP contribution in [-0.4, -0.2) is 45.4 Å². The van der Waals surface area contributed by atoms with Crippen LogP contribution in [0.2, 0.25) is 0 Å². The van der Waals surface area contributed by atoms with Crippen LogP contribution in [0.1, 0.15) is 12.5 Å². The number of nitrogens with one attached hydrogen (secondary N) is 1. The quantitative estimate of drug-likeness (QED) is 0.422. The Balaban J connectivity index is 2.99. The minimum Gasteiger partial charge on any atom is -0.494 e. The van der Waals surface area contributed by atoms with Crippen LogP contribution in [0.15, 0.2) is 18.7 Å². The first-order valence-electron chi connectivity index (χ1n) is 7.38. The number of hydrogen-bond acceptors (Lipinski definition) is 7. The largest absolute Gasteiger partial charge is 0.494 e. The number of benzene rings is 1. The van der Waals surface area contributed by atoms with Gasteiger partial charge in [0, 0.05) is 6.07 Å². The second kappa shape index (κ2) is 6.80. The first kappa shape index (κ1) is 20.0. The molecule has 1 amide bonds. The predicted octanol–water partition coefficient (Wildman–Crippen LogP) is 2.09. The van der Waals surface area contributed by atoms with Gasteiger partial charge >= 0.3 is 5.69 Å². The van der Waals surface area contributed by atoms with Gasteiger partial charge in [0.15, 0.2) is 0 Å². The summed E-state index contributed by atoms with van der Waals surface area (Å²) in [7, 11) is -2.51. The van der Waals surface area contributed by atoms with E-state index in [1.807, 2.05) is 0 Å². The van der Waals surface area contributed by atoms with Crippen molar-refractivity contribution in [1.29, 1.82) is 0 Å². The van der Waals surface area contributed by atoms with E-state index >= 15 is 0 Å². The molecule has 0 aliphatic carbocycles. The summed E-state index contributed by atoms with van der Waals surface area (Å²) >= 11 is 1.12. The van der Waals surface area contributed by atoms with Crippen molar-refractivity contribution in [3.63, 3.8) is 0 Å². The van der Waals surface area contributed by atoms with Crippen molar-refractivity contribution in [3.05, 3.63) is 34.4 Å². The average molecular weight is 401 g/mol. The van der Waals surface area contributed by atoms with Crippen LogP contribution >= 0.6 is 11.8 Å². The number of anilines is 2. The van der Waals surface area contributed by atoms with E-state index in [1.165, 1.54) is 19.3 Å². The number of fused-ring (bicyclic) bond motifs is 1. The molecule has 0 fully saturated rings. The molecule has 1 aromatic carbocycles. The molecule has 0 bridgehead atoms. The minimum absolute atomic E-state index is 0.0899. The van der Waals surface area contributed by atoms with Crippen molar-refractivity contribution in [3.8, 4) is 5.75 Å². The summed E-state index contributed by atoms with van der Waals surface area (Å²) in [5.74, 6) is -0.294. The van der Waals surface area contributed by atoms with E-state index in [4.69, 9.17) is 4.74 Å². The molecule has 0 radical (unpaired) electrons. The average Bonchev–Trinajstić information content (AvgIpc) is 2.82. The number of methoxy groups -OCH3 is 1. The Morgan fingerprint density at radius 3 is 2.58 bits per heavy atom. The summed E-state index contributed by atoms with van der Waals surface area (Å²) in [5.41, 5.74) is -0.364. The summed E-state index contributed by atoms with van der Waals surface area (Å²) in [6.45, 7) is 4.89. The van der Waals surface area contributed by atoms with Gasteiger partial charge in [-0.1, -0.05) is 6.08 Å². The van der Waals surface area contributed by atoms with Crippen LogP contribution in [0, 0.1) is 10.1 Å². The third-order valence-electron chi connectivity index (χ3n) is 4.17. The molecule has 1 atom stereocenters. The summed E-state index contributed by atoms with van der Waals surface area (Å²) in [6.07, 6.45) is 3.91. The minimum atomic E-state index is -3.85. The fourth-order valence-corrected chi connectivity index (χ4v) is 4.34. The fourth-order valence-electron chi connectivity index (χ4n) is 2.83. The zero-order valence-corrected chi connectivity index (χ0v) is 16.4. The first-order valence-corrected chi connectivity index (χ1v) is 10.4. The lowest BCUT2D eigenvalue weighted by molar-refractivity contribution is -0.384. The Morgan fingerprint density at radius 2 is 2.15 bits per heavy atom. The van der Waals surface area contributed by atoms with Gasteiger partial charge in [-0.25, -0.2) is 8.42 Å². The number of thioether (sulfide) groups is 1. The highest BCUT2D eigenvalue weighted by atomic mass is 32.2. The number of hydrogen-bond donors (Lipinski definition) is 1. The van der Waals surface area contributed by atoms with Gasteiger partial charge in [-0.3, -0.25) is 19.2 Å².